The maximum atomic E-state index is 12.7. The summed E-state index contributed by atoms with van der Waals surface area (Å²) in [6.07, 6.45) is 1.88. The molecule has 6 nitrogen and oxygen atoms in total. The fraction of sp³-hybridized carbons (Fsp3) is 0.174. The van der Waals surface area contributed by atoms with Gasteiger partial charge in [0.2, 0.25) is 0 Å². The number of rotatable bonds is 8. The van der Waals surface area contributed by atoms with E-state index in [4.69, 9.17) is 4.74 Å². The van der Waals surface area contributed by atoms with E-state index in [-0.39, 0.29) is 17.3 Å². The van der Waals surface area contributed by atoms with Crippen molar-refractivity contribution >= 4 is 17.5 Å². The van der Waals surface area contributed by atoms with Gasteiger partial charge in [-0.05, 0) is 42.8 Å². The van der Waals surface area contributed by atoms with E-state index in [9.17, 15) is 9.59 Å². The minimum Gasteiger partial charge on any atom is -0.455 e. The molecule has 0 saturated heterocycles. The number of nitrogens with zero attached hydrogens (tertiary/aromatic N) is 1. The lowest BCUT2D eigenvalue weighted by molar-refractivity contribution is 0.0948. The van der Waals surface area contributed by atoms with Crippen LogP contribution in [0, 0.1) is 0 Å². The Kier molecular flexibility index (Phi) is 6.95. The number of nitrogens with one attached hydrogen (secondary N) is 2. The number of hydrogen-bond donors (Lipinski definition) is 2. The van der Waals surface area contributed by atoms with E-state index in [1.165, 1.54) is 0 Å². The molecule has 0 unspecified atom stereocenters. The molecule has 0 aliphatic heterocycles. The summed E-state index contributed by atoms with van der Waals surface area (Å²) < 4.78 is 5.86. The molecule has 2 amide bonds. The number of para-hydroxylation sites is 3. The number of hydrogen-bond acceptors (Lipinski definition) is 4. The molecule has 0 radical (unpaired) electrons. The van der Waals surface area contributed by atoms with Crippen LogP contribution in [0.4, 0.5) is 5.69 Å². The van der Waals surface area contributed by atoms with Crippen LogP contribution in [0.1, 0.15) is 40.7 Å². The molecule has 1 aromatic heterocycles. The molecule has 0 atom stereocenters. The quantitative estimate of drug-likeness (QED) is 0.549. The monoisotopic (exact) mass is 389 g/mol. The van der Waals surface area contributed by atoms with Crippen LogP contribution < -0.4 is 15.4 Å². The van der Waals surface area contributed by atoms with E-state index < -0.39 is 5.91 Å². The molecule has 0 fully saturated rings. The maximum absolute atomic E-state index is 12.7. The Labute approximate surface area is 169 Å². The van der Waals surface area contributed by atoms with Gasteiger partial charge in [-0.25, -0.2) is 4.98 Å². The highest BCUT2D eigenvalue weighted by Gasteiger charge is 2.14. The number of amides is 2. The van der Waals surface area contributed by atoms with Crippen LogP contribution in [0.3, 0.4) is 0 Å². The number of carbonyl (C=O) groups is 2. The highest BCUT2D eigenvalue weighted by molar-refractivity contribution is 6.04. The third kappa shape index (κ3) is 5.65. The maximum Gasteiger partial charge on any atom is 0.274 e. The SMILES string of the molecule is CCCCNC(=O)c1cccc(C(=O)Nc2ccccc2Oc2ccccc2)n1. The highest BCUT2D eigenvalue weighted by atomic mass is 16.5. The number of anilines is 1. The van der Waals surface area contributed by atoms with E-state index in [0.29, 0.717) is 23.7 Å². The van der Waals surface area contributed by atoms with Crippen LogP contribution >= 0.6 is 0 Å². The van der Waals surface area contributed by atoms with Crippen LogP contribution in [0.25, 0.3) is 0 Å². The largest absolute Gasteiger partial charge is 0.455 e. The molecule has 3 aromatic rings. The Hall–Kier alpha value is -3.67. The summed E-state index contributed by atoms with van der Waals surface area (Å²) in [6.45, 7) is 2.63. The van der Waals surface area contributed by atoms with Gasteiger partial charge >= 0.3 is 0 Å². The Morgan fingerprint density at radius 1 is 0.862 bits per heavy atom. The van der Waals surface area contributed by atoms with Crippen molar-refractivity contribution in [3.8, 4) is 11.5 Å². The fourth-order valence-electron chi connectivity index (χ4n) is 2.62. The first kappa shape index (κ1) is 20.1. The first-order valence-electron chi connectivity index (χ1n) is 9.56. The third-order valence-corrected chi connectivity index (χ3v) is 4.14. The van der Waals surface area contributed by atoms with Gasteiger partial charge in [0.05, 0.1) is 5.69 Å². The summed E-state index contributed by atoms with van der Waals surface area (Å²) >= 11 is 0. The molecular formula is C23H23N3O3. The Morgan fingerprint density at radius 2 is 1.55 bits per heavy atom. The first-order valence-corrected chi connectivity index (χ1v) is 9.56. The molecule has 29 heavy (non-hydrogen) atoms. The Morgan fingerprint density at radius 3 is 2.31 bits per heavy atom. The van der Waals surface area contributed by atoms with Gasteiger partial charge in [-0.3, -0.25) is 9.59 Å². The second kappa shape index (κ2) is 10.0. The number of benzene rings is 2. The summed E-state index contributed by atoms with van der Waals surface area (Å²) in [6, 6.07) is 21.3. The zero-order chi connectivity index (χ0) is 20.5. The van der Waals surface area contributed by atoms with Crippen molar-refractivity contribution in [3.63, 3.8) is 0 Å². The van der Waals surface area contributed by atoms with Crippen LogP contribution in [0.2, 0.25) is 0 Å². The summed E-state index contributed by atoms with van der Waals surface area (Å²) in [4.78, 5) is 29.1. The molecule has 3 rings (SSSR count). The second-order valence-electron chi connectivity index (χ2n) is 6.38. The molecular weight excluding hydrogens is 366 g/mol. The Bertz CT molecular complexity index is 974. The zero-order valence-corrected chi connectivity index (χ0v) is 16.2. The van der Waals surface area contributed by atoms with E-state index in [1.54, 1.807) is 36.4 Å². The molecule has 0 saturated carbocycles. The molecule has 0 aliphatic carbocycles. The summed E-state index contributed by atoms with van der Waals surface area (Å²) in [5.74, 6) is 0.469. The average molecular weight is 389 g/mol. The normalized spacial score (nSPS) is 10.2. The van der Waals surface area contributed by atoms with Crippen molar-refractivity contribution in [3.05, 3.63) is 84.2 Å². The van der Waals surface area contributed by atoms with Crippen LogP contribution in [-0.4, -0.2) is 23.3 Å². The molecule has 2 N–H and O–H groups in total. The molecule has 148 valence electrons. The minimum atomic E-state index is -0.419. The molecule has 6 heteroatoms. The van der Waals surface area contributed by atoms with Gasteiger partial charge in [-0.2, -0.15) is 0 Å². The number of unbranched alkanes of at least 4 members (excludes halogenated alkanes) is 1. The summed E-state index contributed by atoms with van der Waals surface area (Å²) in [7, 11) is 0. The highest BCUT2D eigenvalue weighted by Crippen LogP contribution is 2.29. The van der Waals surface area contributed by atoms with Gasteiger partial charge in [0, 0.05) is 6.54 Å². The van der Waals surface area contributed by atoms with E-state index in [0.717, 1.165) is 12.8 Å². The number of aromatic nitrogens is 1. The van der Waals surface area contributed by atoms with Gasteiger partial charge in [0.25, 0.3) is 11.8 Å². The number of ether oxygens (including phenoxy) is 1. The molecule has 0 spiro atoms. The van der Waals surface area contributed by atoms with Crippen molar-refractivity contribution < 1.29 is 14.3 Å². The molecule has 1 heterocycles. The molecule has 0 bridgehead atoms. The van der Waals surface area contributed by atoms with Gasteiger partial charge in [-0.15, -0.1) is 0 Å². The summed E-state index contributed by atoms with van der Waals surface area (Å²) in [5.41, 5.74) is 0.881. The van der Waals surface area contributed by atoms with Gasteiger partial charge in [0.15, 0.2) is 5.75 Å². The van der Waals surface area contributed by atoms with Crippen LogP contribution in [-0.2, 0) is 0 Å². The Balaban J connectivity index is 1.72. The predicted octanol–water partition coefficient (Wildman–Crippen LogP) is 4.66. The topological polar surface area (TPSA) is 80.3 Å². The standard InChI is InChI=1S/C23H23N3O3/c1-2-3-16-24-22(27)19-13-9-14-20(25-19)23(28)26-18-12-7-8-15-21(18)29-17-10-5-4-6-11-17/h4-15H,2-3,16H2,1H3,(H,24,27)(H,26,28). The van der Waals surface area contributed by atoms with E-state index in [2.05, 4.69) is 22.5 Å². The van der Waals surface area contributed by atoms with Gasteiger partial charge in [0.1, 0.15) is 17.1 Å². The van der Waals surface area contributed by atoms with E-state index in [1.807, 2.05) is 36.4 Å². The minimum absolute atomic E-state index is 0.155. The predicted molar refractivity (Wildman–Crippen MR) is 112 cm³/mol. The zero-order valence-electron chi connectivity index (χ0n) is 16.2. The second-order valence-corrected chi connectivity index (χ2v) is 6.38. The first-order chi connectivity index (χ1) is 14.2. The molecule has 2 aromatic carbocycles. The fourth-order valence-corrected chi connectivity index (χ4v) is 2.62. The summed E-state index contributed by atoms with van der Waals surface area (Å²) in [5, 5.41) is 5.61. The van der Waals surface area contributed by atoms with Gasteiger partial charge in [-0.1, -0.05) is 49.7 Å². The van der Waals surface area contributed by atoms with Crippen LogP contribution in [0.15, 0.2) is 72.8 Å². The average Bonchev–Trinajstić information content (AvgIpc) is 2.76. The van der Waals surface area contributed by atoms with Crippen molar-refractivity contribution in [2.75, 3.05) is 11.9 Å². The number of pyridine rings is 1. The van der Waals surface area contributed by atoms with Crippen molar-refractivity contribution in [1.29, 1.82) is 0 Å². The number of carbonyl (C=O) groups excluding carboxylic acids is 2. The lowest BCUT2D eigenvalue weighted by Crippen LogP contribution is -2.26. The van der Waals surface area contributed by atoms with E-state index >= 15 is 0 Å². The van der Waals surface area contributed by atoms with Crippen molar-refractivity contribution in [2.24, 2.45) is 0 Å². The lowest BCUT2D eigenvalue weighted by atomic mass is 10.2. The lowest BCUT2D eigenvalue weighted by Gasteiger charge is -2.12. The van der Waals surface area contributed by atoms with Gasteiger partial charge < -0.3 is 15.4 Å². The van der Waals surface area contributed by atoms with Crippen molar-refractivity contribution in [1.82, 2.24) is 10.3 Å². The smallest absolute Gasteiger partial charge is 0.274 e. The van der Waals surface area contributed by atoms with Crippen LogP contribution in [0.5, 0.6) is 11.5 Å². The van der Waals surface area contributed by atoms with Crippen molar-refractivity contribution in [2.45, 2.75) is 19.8 Å². The third-order valence-electron chi connectivity index (χ3n) is 4.14. The molecule has 0 aliphatic rings.